The van der Waals surface area contributed by atoms with E-state index >= 15 is 0 Å². The van der Waals surface area contributed by atoms with Crippen LogP contribution in [0.25, 0.3) is 6.08 Å². The maximum absolute atomic E-state index is 14.5. The second kappa shape index (κ2) is 13.5. The van der Waals surface area contributed by atoms with Gasteiger partial charge in [0.05, 0.1) is 48.1 Å². The summed E-state index contributed by atoms with van der Waals surface area (Å²) >= 11 is 6.07. The maximum atomic E-state index is 14.5. The Kier molecular flexibility index (Phi) is 9.51. The normalized spacial score (nSPS) is 27.4. The van der Waals surface area contributed by atoms with Gasteiger partial charge in [0, 0.05) is 18.9 Å². The number of benzene rings is 2. The van der Waals surface area contributed by atoms with Crippen molar-refractivity contribution in [1.29, 1.82) is 0 Å². The largest absolute Gasteiger partial charge is 0.502 e. The summed E-state index contributed by atoms with van der Waals surface area (Å²) in [5.74, 6) is -6.50. The highest BCUT2D eigenvalue weighted by atomic mass is 35.5. The second-order valence-electron chi connectivity index (χ2n) is 13.5. The van der Waals surface area contributed by atoms with Gasteiger partial charge in [-0.25, -0.2) is 9.29 Å². The predicted molar refractivity (Wildman–Crippen MR) is 180 cm³/mol. The van der Waals surface area contributed by atoms with Gasteiger partial charge < -0.3 is 19.7 Å². The number of rotatable bonds is 11. The van der Waals surface area contributed by atoms with Crippen LogP contribution in [0, 0.1) is 40.8 Å². The van der Waals surface area contributed by atoms with E-state index in [1.54, 1.807) is 25.1 Å². The van der Waals surface area contributed by atoms with Crippen LogP contribution in [0.3, 0.4) is 0 Å². The van der Waals surface area contributed by atoms with Gasteiger partial charge >= 0.3 is 5.97 Å². The Bertz CT molecular complexity index is 1820. The molecule has 6 atom stereocenters. The van der Waals surface area contributed by atoms with Crippen LogP contribution in [-0.4, -0.2) is 65.5 Å². The van der Waals surface area contributed by atoms with Crippen molar-refractivity contribution in [3.8, 4) is 17.2 Å². The van der Waals surface area contributed by atoms with Gasteiger partial charge in [-0.2, -0.15) is 0 Å². The van der Waals surface area contributed by atoms with Gasteiger partial charge in [-0.1, -0.05) is 41.8 Å². The van der Waals surface area contributed by atoms with E-state index in [0.717, 1.165) is 16.5 Å². The number of carbonyl (C=O) groups is 5. The first-order valence-corrected chi connectivity index (χ1v) is 16.9. The Morgan fingerprint density at radius 1 is 1.02 bits per heavy atom. The number of allylic oxidation sites excluding steroid dienone is 3. The van der Waals surface area contributed by atoms with Crippen LogP contribution < -0.4 is 14.4 Å². The quantitative estimate of drug-likeness (QED) is 0.172. The molecule has 0 radical (unpaired) electrons. The number of aliphatic carboxylic acids is 1. The average molecular weight is 709 g/mol. The lowest BCUT2D eigenvalue weighted by Crippen LogP contribution is -2.49. The monoisotopic (exact) mass is 708 g/mol. The number of carboxylic acid groups (broad SMARTS) is 1. The molecule has 1 saturated carbocycles. The van der Waals surface area contributed by atoms with Crippen LogP contribution in [0.15, 0.2) is 48.1 Å². The van der Waals surface area contributed by atoms with Crippen molar-refractivity contribution in [1.82, 2.24) is 4.90 Å². The maximum Gasteiger partial charge on any atom is 0.303 e. The van der Waals surface area contributed by atoms with E-state index in [1.165, 1.54) is 31.3 Å². The van der Waals surface area contributed by atoms with Crippen molar-refractivity contribution >= 4 is 53.0 Å². The van der Waals surface area contributed by atoms with Crippen molar-refractivity contribution in [2.45, 2.75) is 45.4 Å². The second-order valence-corrected chi connectivity index (χ2v) is 13.9. The summed E-state index contributed by atoms with van der Waals surface area (Å²) in [5, 5.41) is 19.2. The number of aromatic hydroxyl groups is 1. The highest BCUT2D eigenvalue weighted by Crippen LogP contribution is 2.61. The van der Waals surface area contributed by atoms with E-state index in [1.807, 2.05) is 12.2 Å². The molecule has 50 heavy (non-hydrogen) atoms. The number of anilines is 1. The van der Waals surface area contributed by atoms with Gasteiger partial charge in [0.15, 0.2) is 11.5 Å². The third-order valence-electron chi connectivity index (χ3n) is 10.9. The molecule has 2 aliphatic heterocycles. The lowest BCUT2D eigenvalue weighted by Gasteiger charge is -2.47. The minimum absolute atomic E-state index is 0.00909. The van der Waals surface area contributed by atoms with Crippen LogP contribution in [0.2, 0.25) is 5.02 Å². The lowest BCUT2D eigenvalue weighted by atomic mass is 9.52. The van der Waals surface area contributed by atoms with E-state index < -0.39 is 58.6 Å². The molecule has 2 aliphatic carbocycles. The fourth-order valence-electron chi connectivity index (χ4n) is 8.31. The van der Waals surface area contributed by atoms with Crippen LogP contribution >= 0.6 is 11.6 Å². The molecule has 2 aromatic rings. The number of likely N-dealkylation sites (tertiary alicyclic amines) is 1. The first kappa shape index (κ1) is 35.1. The number of hydrogen-bond acceptors (Lipinski definition) is 8. The molecule has 2 heterocycles. The van der Waals surface area contributed by atoms with Crippen LogP contribution in [0.1, 0.15) is 51.0 Å². The predicted octanol–water partition coefficient (Wildman–Crippen LogP) is 5.62. The highest BCUT2D eigenvalue weighted by molar-refractivity contribution is 6.31. The number of phenols is 1. The summed E-state index contributed by atoms with van der Waals surface area (Å²) in [6, 6.07) is 6.86. The molecule has 0 bridgehead atoms. The van der Waals surface area contributed by atoms with Gasteiger partial charge in [0.1, 0.15) is 5.82 Å². The fraction of sp³-hybridized carbons (Fsp3) is 0.432. The third-order valence-corrected chi connectivity index (χ3v) is 11.1. The van der Waals surface area contributed by atoms with Crippen molar-refractivity contribution in [2.75, 3.05) is 25.7 Å². The van der Waals surface area contributed by atoms with Crippen LogP contribution in [0.5, 0.6) is 17.2 Å². The fourth-order valence-corrected chi connectivity index (χ4v) is 8.49. The van der Waals surface area contributed by atoms with Crippen molar-refractivity contribution in [2.24, 2.45) is 35.0 Å². The smallest absolute Gasteiger partial charge is 0.303 e. The Labute approximate surface area is 293 Å². The minimum Gasteiger partial charge on any atom is -0.502 e. The molecule has 0 spiro atoms. The molecule has 4 aliphatic rings. The molecule has 6 rings (SSSR count). The number of amides is 4. The Balaban J connectivity index is 1.39. The zero-order valence-electron chi connectivity index (χ0n) is 27.9. The highest BCUT2D eigenvalue weighted by Gasteiger charge is 2.66. The molecule has 4 amide bonds. The van der Waals surface area contributed by atoms with E-state index in [4.69, 9.17) is 26.2 Å². The van der Waals surface area contributed by atoms with Crippen molar-refractivity contribution in [3.63, 3.8) is 0 Å². The molecule has 2 aromatic carbocycles. The number of unbranched alkanes of at least 4 members (excludes halogenated alkanes) is 2. The van der Waals surface area contributed by atoms with Gasteiger partial charge in [0.25, 0.3) is 0 Å². The molecule has 11 nitrogen and oxygen atoms in total. The summed E-state index contributed by atoms with van der Waals surface area (Å²) in [6.45, 7) is 1.90. The van der Waals surface area contributed by atoms with Crippen molar-refractivity contribution in [3.05, 3.63) is 64.5 Å². The summed E-state index contributed by atoms with van der Waals surface area (Å²) in [7, 11) is 2.81. The molecular formula is C37H38ClFN2O9. The SMILES string of the molecule is COc1cc(C=C[C@H]2C3=CC[C@@H]4C(=O)N(CCCCCC(=O)O)C(=O)[C@@H]4[C@@H]3C[C@H]3C(=O)N(c4ccc(F)c(Cl)c4)C(=O)[C@@]23C)cc(OC)c1O. The van der Waals surface area contributed by atoms with Gasteiger partial charge in [0.2, 0.25) is 29.4 Å². The molecule has 264 valence electrons. The van der Waals surface area contributed by atoms with Gasteiger partial charge in [-0.15, -0.1) is 0 Å². The number of methoxy groups -OCH3 is 2. The van der Waals surface area contributed by atoms with Gasteiger partial charge in [-0.05, 0) is 74.4 Å². The molecule has 2 N–H and O–H groups in total. The first-order chi connectivity index (χ1) is 23.8. The number of halogens is 2. The number of carboxylic acids is 1. The standard InChI is InChI=1S/C37H38ClFN2O9/c1-37-24(12-8-19-15-28(49-2)32(44)29(16-19)50-3)21-10-11-22-31(35(47)40(33(22)45)14-6-4-5-7-30(42)43)23(21)18-25(37)34(46)41(36(37)48)20-9-13-27(39)26(38)17-20/h8-10,12-13,15-17,22-25,31,44H,4-7,11,14,18H2,1-3H3,(H,42,43)/t22-,23+,24-,25-,31-,37-/m0/s1. The number of nitrogens with zero attached hydrogens (tertiary/aromatic N) is 2. The zero-order valence-corrected chi connectivity index (χ0v) is 28.6. The van der Waals surface area contributed by atoms with Crippen molar-refractivity contribution < 1.29 is 48.0 Å². The average Bonchev–Trinajstić information content (AvgIpc) is 3.44. The van der Waals surface area contributed by atoms with E-state index in [0.29, 0.717) is 24.8 Å². The van der Waals surface area contributed by atoms with Crippen LogP contribution in [0.4, 0.5) is 10.1 Å². The summed E-state index contributed by atoms with van der Waals surface area (Å²) in [5.41, 5.74) is 0.176. The number of imide groups is 2. The first-order valence-electron chi connectivity index (χ1n) is 16.6. The number of carbonyl (C=O) groups excluding carboxylic acids is 4. The number of fused-ring (bicyclic) bond motifs is 4. The minimum atomic E-state index is -1.32. The number of hydrogen-bond donors (Lipinski definition) is 2. The van der Waals surface area contributed by atoms with Crippen LogP contribution in [-0.2, 0) is 24.0 Å². The zero-order chi connectivity index (χ0) is 36.1. The Morgan fingerprint density at radius 3 is 2.36 bits per heavy atom. The number of ether oxygens (including phenoxy) is 2. The van der Waals surface area contributed by atoms with E-state index in [9.17, 15) is 33.5 Å². The Morgan fingerprint density at radius 2 is 1.72 bits per heavy atom. The van der Waals surface area contributed by atoms with E-state index in [-0.39, 0.29) is 65.6 Å². The van der Waals surface area contributed by atoms with Gasteiger partial charge in [-0.3, -0.25) is 28.9 Å². The summed E-state index contributed by atoms with van der Waals surface area (Å²) < 4.78 is 24.8. The summed E-state index contributed by atoms with van der Waals surface area (Å²) in [6.07, 6.45) is 7.38. The number of phenolic OH excluding ortho intramolecular Hbond substituents is 1. The lowest BCUT2D eigenvalue weighted by molar-refractivity contribution is -0.141. The third kappa shape index (κ3) is 5.73. The topological polar surface area (TPSA) is 151 Å². The molecule has 3 fully saturated rings. The Hall–Kier alpha value is -4.71. The molecule has 2 saturated heterocycles. The van der Waals surface area contributed by atoms with E-state index in [2.05, 4.69) is 0 Å². The molecule has 0 unspecified atom stereocenters. The summed E-state index contributed by atoms with van der Waals surface area (Å²) in [4.78, 5) is 69.6. The molecule has 13 heteroatoms. The molecular weight excluding hydrogens is 671 g/mol. The molecule has 0 aromatic heterocycles.